The van der Waals surface area contributed by atoms with Gasteiger partial charge in [-0.3, -0.25) is 10.1 Å². The van der Waals surface area contributed by atoms with E-state index in [0.717, 1.165) is 50.9 Å². The van der Waals surface area contributed by atoms with E-state index < -0.39 is 9.84 Å². The number of H-pyrrole nitrogens is 1. The van der Waals surface area contributed by atoms with Gasteiger partial charge in [-0.25, -0.2) is 8.42 Å². The van der Waals surface area contributed by atoms with E-state index in [9.17, 15) is 8.42 Å². The van der Waals surface area contributed by atoms with Crippen molar-refractivity contribution >= 4 is 21.6 Å². The van der Waals surface area contributed by atoms with E-state index in [-0.39, 0.29) is 11.7 Å². The number of guanidine groups is 1. The number of aromatic amines is 1. The highest BCUT2D eigenvalue weighted by atomic mass is 32.2. The number of anilines is 1. The van der Waals surface area contributed by atoms with Crippen molar-refractivity contribution in [1.29, 1.82) is 0 Å². The van der Waals surface area contributed by atoms with Crippen molar-refractivity contribution in [3.63, 3.8) is 0 Å². The standard InChI is InChI=1S/C18H30N6O2S/c1-2-19-18(20-12-14-5-10-27(25,26)13-14)24-8-6-23(7-9-24)17-11-16(21-22-17)15-3-4-15/h11,14-15H,2-10,12-13H2,1H3,(H,19,20)(H,21,22). The van der Waals surface area contributed by atoms with Crippen LogP contribution < -0.4 is 10.2 Å². The Morgan fingerprint density at radius 1 is 1.30 bits per heavy atom. The summed E-state index contributed by atoms with van der Waals surface area (Å²) in [5, 5.41) is 11.0. The molecule has 4 rings (SSSR count). The molecule has 3 fully saturated rings. The lowest BCUT2D eigenvalue weighted by atomic mass is 10.1. The van der Waals surface area contributed by atoms with Gasteiger partial charge in [0.15, 0.2) is 21.6 Å². The second-order valence-electron chi connectivity index (χ2n) is 7.89. The Balaban J connectivity index is 1.33. The van der Waals surface area contributed by atoms with Gasteiger partial charge in [0.25, 0.3) is 0 Å². The van der Waals surface area contributed by atoms with E-state index in [0.29, 0.717) is 18.2 Å². The lowest BCUT2D eigenvalue weighted by Crippen LogP contribution is -2.52. The average Bonchev–Trinajstić information content (AvgIpc) is 3.28. The molecule has 1 aliphatic carbocycles. The molecule has 2 N–H and O–H groups in total. The average molecular weight is 395 g/mol. The first kappa shape index (κ1) is 18.6. The predicted octanol–water partition coefficient (Wildman–Crippen LogP) is 0.809. The summed E-state index contributed by atoms with van der Waals surface area (Å²) in [6.45, 7) is 7.07. The van der Waals surface area contributed by atoms with E-state index >= 15 is 0 Å². The minimum Gasteiger partial charge on any atom is -0.357 e. The molecule has 2 saturated heterocycles. The molecule has 3 aliphatic rings. The molecule has 1 unspecified atom stereocenters. The van der Waals surface area contributed by atoms with Crippen molar-refractivity contribution in [3.05, 3.63) is 11.8 Å². The van der Waals surface area contributed by atoms with Crippen LogP contribution in [-0.2, 0) is 9.84 Å². The molecule has 1 aromatic rings. The van der Waals surface area contributed by atoms with Gasteiger partial charge in [-0.1, -0.05) is 0 Å². The summed E-state index contributed by atoms with van der Waals surface area (Å²) in [5.41, 5.74) is 1.27. The van der Waals surface area contributed by atoms with Crippen LogP contribution in [0, 0.1) is 5.92 Å². The Bertz CT molecular complexity index is 778. The fraction of sp³-hybridized carbons (Fsp3) is 0.778. The number of rotatable bonds is 5. The number of hydrogen-bond donors (Lipinski definition) is 2. The summed E-state index contributed by atoms with van der Waals surface area (Å²) >= 11 is 0. The maximum absolute atomic E-state index is 11.6. The van der Waals surface area contributed by atoms with E-state index in [1.165, 1.54) is 18.5 Å². The first-order valence-corrected chi connectivity index (χ1v) is 11.9. The summed E-state index contributed by atoms with van der Waals surface area (Å²) in [6.07, 6.45) is 3.29. The summed E-state index contributed by atoms with van der Waals surface area (Å²) in [5.74, 6) is 3.41. The van der Waals surface area contributed by atoms with Crippen molar-refractivity contribution in [3.8, 4) is 0 Å². The fourth-order valence-corrected chi connectivity index (χ4v) is 5.75. The number of nitrogens with one attached hydrogen (secondary N) is 2. The Morgan fingerprint density at radius 3 is 2.70 bits per heavy atom. The van der Waals surface area contributed by atoms with Gasteiger partial charge in [-0.15, -0.1) is 0 Å². The SMILES string of the molecule is CCNC(=NCC1CCS(=O)(=O)C1)N1CCN(c2cc(C3CC3)[nH]n2)CC1. The zero-order valence-corrected chi connectivity index (χ0v) is 16.8. The summed E-state index contributed by atoms with van der Waals surface area (Å²) in [6, 6.07) is 2.20. The highest BCUT2D eigenvalue weighted by Gasteiger charge is 2.29. The normalized spacial score (nSPS) is 25.8. The molecule has 2 aliphatic heterocycles. The smallest absolute Gasteiger partial charge is 0.194 e. The number of hydrogen-bond acceptors (Lipinski definition) is 5. The summed E-state index contributed by atoms with van der Waals surface area (Å²) in [7, 11) is -2.84. The van der Waals surface area contributed by atoms with Crippen molar-refractivity contribution in [1.82, 2.24) is 20.4 Å². The van der Waals surface area contributed by atoms with Gasteiger partial charge in [-0.2, -0.15) is 5.10 Å². The van der Waals surface area contributed by atoms with Gasteiger partial charge >= 0.3 is 0 Å². The van der Waals surface area contributed by atoms with Gasteiger partial charge < -0.3 is 15.1 Å². The zero-order valence-electron chi connectivity index (χ0n) is 16.0. The number of nitrogens with zero attached hydrogens (tertiary/aromatic N) is 4. The Morgan fingerprint density at radius 2 is 2.07 bits per heavy atom. The van der Waals surface area contributed by atoms with Crippen LogP contribution in [0.5, 0.6) is 0 Å². The van der Waals surface area contributed by atoms with Crippen molar-refractivity contribution in [2.24, 2.45) is 10.9 Å². The largest absolute Gasteiger partial charge is 0.357 e. The lowest BCUT2D eigenvalue weighted by Gasteiger charge is -2.36. The second-order valence-corrected chi connectivity index (χ2v) is 10.1. The van der Waals surface area contributed by atoms with Crippen LogP contribution in [-0.4, -0.2) is 80.2 Å². The lowest BCUT2D eigenvalue weighted by molar-refractivity contribution is 0.370. The van der Waals surface area contributed by atoms with Crippen molar-refractivity contribution in [2.45, 2.75) is 32.1 Å². The van der Waals surface area contributed by atoms with E-state index in [1.54, 1.807) is 0 Å². The fourth-order valence-electron chi connectivity index (χ4n) is 3.90. The molecular weight excluding hydrogens is 364 g/mol. The first-order chi connectivity index (χ1) is 13.0. The quantitative estimate of drug-likeness (QED) is 0.567. The number of aromatic nitrogens is 2. The molecule has 9 heteroatoms. The van der Waals surface area contributed by atoms with Gasteiger partial charge in [0.1, 0.15) is 0 Å². The van der Waals surface area contributed by atoms with E-state index in [2.05, 4.69) is 38.3 Å². The molecule has 0 aromatic carbocycles. The molecule has 1 atom stereocenters. The number of aliphatic imine (C=N–C) groups is 1. The molecular formula is C18H30N6O2S. The molecule has 8 nitrogen and oxygen atoms in total. The van der Waals surface area contributed by atoms with Gasteiger partial charge in [0.05, 0.1) is 11.5 Å². The third-order valence-electron chi connectivity index (χ3n) is 5.67. The first-order valence-electron chi connectivity index (χ1n) is 10.1. The van der Waals surface area contributed by atoms with Gasteiger partial charge in [-0.05, 0) is 32.1 Å². The van der Waals surface area contributed by atoms with Gasteiger partial charge in [0.2, 0.25) is 0 Å². The molecule has 1 saturated carbocycles. The van der Waals surface area contributed by atoms with Gasteiger partial charge in [0, 0.05) is 56.9 Å². The zero-order chi connectivity index (χ0) is 18.9. The van der Waals surface area contributed by atoms with Crippen LogP contribution >= 0.6 is 0 Å². The highest BCUT2D eigenvalue weighted by Crippen LogP contribution is 2.39. The second kappa shape index (κ2) is 7.69. The Hall–Kier alpha value is -1.77. The maximum Gasteiger partial charge on any atom is 0.194 e. The third kappa shape index (κ3) is 4.56. The molecule has 27 heavy (non-hydrogen) atoms. The van der Waals surface area contributed by atoms with Crippen molar-refractivity contribution < 1.29 is 8.42 Å². The molecule has 0 radical (unpaired) electrons. The Labute approximate surface area is 161 Å². The molecule has 3 heterocycles. The molecule has 0 amide bonds. The van der Waals surface area contributed by atoms with Crippen LogP contribution in [0.25, 0.3) is 0 Å². The van der Waals surface area contributed by atoms with Crippen LogP contribution in [0.2, 0.25) is 0 Å². The minimum absolute atomic E-state index is 0.162. The predicted molar refractivity (Wildman–Crippen MR) is 107 cm³/mol. The number of sulfone groups is 1. The maximum atomic E-state index is 11.6. The number of piperazine rings is 1. The van der Waals surface area contributed by atoms with Crippen molar-refractivity contribution in [2.75, 3.05) is 55.7 Å². The van der Waals surface area contributed by atoms with Crippen LogP contribution in [0.3, 0.4) is 0 Å². The molecule has 0 bridgehead atoms. The molecule has 1 aromatic heterocycles. The Kier molecular flexibility index (Phi) is 5.29. The van der Waals surface area contributed by atoms with E-state index in [1.807, 2.05) is 0 Å². The third-order valence-corrected chi connectivity index (χ3v) is 7.50. The minimum atomic E-state index is -2.84. The molecule has 150 valence electrons. The summed E-state index contributed by atoms with van der Waals surface area (Å²) in [4.78, 5) is 9.35. The monoisotopic (exact) mass is 394 g/mol. The van der Waals surface area contributed by atoms with E-state index in [4.69, 9.17) is 4.99 Å². The van der Waals surface area contributed by atoms with Crippen LogP contribution in [0.4, 0.5) is 5.82 Å². The molecule has 0 spiro atoms. The van der Waals surface area contributed by atoms with Crippen LogP contribution in [0.1, 0.15) is 37.8 Å². The highest BCUT2D eigenvalue weighted by molar-refractivity contribution is 7.91. The topological polar surface area (TPSA) is 93.7 Å². The van der Waals surface area contributed by atoms with Crippen LogP contribution in [0.15, 0.2) is 11.1 Å². The summed E-state index contributed by atoms with van der Waals surface area (Å²) < 4.78 is 23.3.